The van der Waals surface area contributed by atoms with Gasteiger partial charge in [-0.2, -0.15) is 5.10 Å². The summed E-state index contributed by atoms with van der Waals surface area (Å²) in [7, 11) is 3.69. The van der Waals surface area contributed by atoms with E-state index in [1.807, 2.05) is 35.8 Å². The highest BCUT2D eigenvalue weighted by Gasteiger charge is 2.27. The number of amides is 1. The van der Waals surface area contributed by atoms with Gasteiger partial charge < -0.3 is 15.1 Å². The first-order valence-electron chi connectivity index (χ1n) is 9.39. The minimum absolute atomic E-state index is 0.0548. The number of hydrogen-bond donors (Lipinski definition) is 1. The van der Waals surface area contributed by atoms with Gasteiger partial charge in [0.25, 0.3) is 0 Å². The molecular weight excluding hydrogens is 371 g/mol. The van der Waals surface area contributed by atoms with Crippen molar-refractivity contribution < 1.29 is 9.18 Å². The number of nitrogens with one attached hydrogen (secondary N) is 1. The minimum Gasteiger partial charge on any atom is -0.366 e. The molecule has 0 fully saturated rings. The van der Waals surface area contributed by atoms with E-state index < -0.39 is 0 Å². The molecule has 4 rings (SSSR count). The molecule has 0 atom stereocenters. The van der Waals surface area contributed by atoms with Crippen molar-refractivity contribution in [2.75, 3.05) is 35.8 Å². The molecule has 0 aliphatic carbocycles. The number of aryl methyl sites for hydroxylation is 1. The summed E-state index contributed by atoms with van der Waals surface area (Å²) >= 11 is 0. The molecule has 8 heteroatoms. The number of hydrogen-bond acceptors (Lipinski definition) is 5. The van der Waals surface area contributed by atoms with Crippen molar-refractivity contribution in [3.05, 3.63) is 65.4 Å². The maximum atomic E-state index is 13.0. The first-order chi connectivity index (χ1) is 13.9. The van der Waals surface area contributed by atoms with Gasteiger partial charge in [0.1, 0.15) is 11.6 Å². The molecule has 1 N–H and O–H groups in total. The van der Waals surface area contributed by atoms with E-state index in [4.69, 9.17) is 0 Å². The Morgan fingerprint density at radius 2 is 1.93 bits per heavy atom. The number of likely N-dealkylation sites (N-methyl/N-ethyl adjacent to an activating group) is 2. The van der Waals surface area contributed by atoms with Crippen LogP contribution in [0.15, 0.2) is 42.7 Å². The molecule has 150 valence electrons. The molecule has 0 unspecified atom stereocenters. The second kappa shape index (κ2) is 7.54. The van der Waals surface area contributed by atoms with E-state index in [1.54, 1.807) is 30.3 Å². The molecule has 1 aromatic carbocycles. The van der Waals surface area contributed by atoms with Gasteiger partial charge in [0.15, 0.2) is 0 Å². The molecule has 0 radical (unpaired) electrons. The molecule has 1 aliphatic rings. The van der Waals surface area contributed by atoms with E-state index in [-0.39, 0.29) is 11.7 Å². The van der Waals surface area contributed by atoms with Crippen LogP contribution in [0.3, 0.4) is 0 Å². The lowest BCUT2D eigenvalue weighted by Crippen LogP contribution is -2.42. The van der Waals surface area contributed by atoms with E-state index in [0.29, 0.717) is 19.6 Å². The fraction of sp³-hybridized carbons (Fsp3) is 0.286. The lowest BCUT2D eigenvalue weighted by molar-refractivity contribution is -0.117. The lowest BCUT2D eigenvalue weighted by atomic mass is 10.1. The summed E-state index contributed by atoms with van der Waals surface area (Å²) in [6, 6.07) is 8.38. The summed E-state index contributed by atoms with van der Waals surface area (Å²) in [5.41, 5.74) is 4.64. The van der Waals surface area contributed by atoms with Crippen LogP contribution in [-0.4, -0.2) is 41.3 Å². The van der Waals surface area contributed by atoms with Crippen LogP contribution in [0.4, 0.5) is 21.6 Å². The second-order valence-corrected chi connectivity index (χ2v) is 7.30. The zero-order valence-corrected chi connectivity index (χ0v) is 16.7. The number of benzene rings is 1. The highest BCUT2D eigenvalue weighted by molar-refractivity contribution is 6.03. The Hall–Kier alpha value is -3.42. The van der Waals surface area contributed by atoms with Crippen molar-refractivity contribution in [2.24, 2.45) is 0 Å². The first kappa shape index (κ1) is 18.9. The van der Waals surface area contributed by atoms with Gasteiger partial charge in [-0.15, -0.1) is 0 Å². The molecule has 0 saturated carbocycles. The average Bonchev–Trinajstić information content (AvgIpc) is 3.13. The largest absolute Gasteiger partial charge is 0.366 e. The van der Waals surface area contributed by atoms with Crippen LogP contribution in [0.25, 0.3) is 0 Å². The van der Waals surface area contributed by atoms with Gasteiger partial charge >= 0.3 is 0 Å². The number of carbonyl (C=O) groups is 1. The maximum absolute atomic E-state index is 13.0. The van der Waals surface area contributed by atoms with Gasteiger partial charge in [-0.25, -0.2) is 9.37 Å². The Morgan fingerprint density at radius 3 is 2.69 bits per heavy atom. The van der Waals surface area contributed by atoms with Gasteiger partial charge in [0.05, 0.1) is 36.4 Å². The fourth-order valence-electron chi connectivity index (χ4n) is 3.52. The van der Waals surface area contributed by atoms with Gasteiger partial charge in [-0.3, -0.25) is 9.48 Å². The molecule has 2 aromatic heterocycles. The highest BCUT2D eigenvalue weighted by atomic mass is 19.1. The molecule has 3 heterocycles. The van der Waals surface area contributed by atoms with Crippen molar-refractivity contribution in [2.45, 2.75) is 20.0 Å². The van der Waals surface area contributed by atoms with Gasteiger partial charge in [0, 0.05) is 38.5 Å². The zero-order valence-electron chi connectivity index (χ0n) is 16.7. The number of halogens is 1. The van der Waals surface area contributed by atoms with Crippen LogP contribution in [0.5, 0.6) is 0 Å². The lowest BCUT2D eigenvalue weighted by Gasteiger charge is -2.34. The van der Waals surface area contributed by atoms with Gasteiger partial charge in [-0.05, 0) is 24.6 Å². The van der Waals surface area contributed by atoms with Crippen molar-refractivity contribution in [3.8, 4) is 0 Å². The normalized spacial score (nSPS) is 13.6. The Kier molecular flexibility index (Phi) is 4.92. The molecule has 0 bridgehead atoms. The SMILES string of the molecule is Cc1nc(NCc2cnn(Cc3ccc(F)cc3)c2)cc2c1N(C)C(=O)CN2C. The van der Waals surface area contributed by atoms with Crippen LogP contribution < -0.4 is 15.1 Å². The van der Waals surface area contributed by atoms with E-state index in [9.17, 15) is 9.18 Å². The van der Waals surface area contributed by atoms with Crippen LogP contribution in [0.1, 0.15) is 16.8 Å². The van der Waals surface area contributed by atoms with Gasteiger partial charge in [-0.1, -0.05) is 12.1 Å². The molecular formula is C21H23FN6O. The summed E-state index contributed by atoms with van der Waals surface area (Å²) < 4.78 is 14.9. The maximum Gasteiger partial charge on any atom is 0.246 e. The molecule has 0 saturated heterocycles. The van der Waals surface area contributed by atoms with Gasteiger partial charge in [0.2, 0.25) is 5.91 Å². The molecule has 1 amide bonds. The zero-order chi connectivity index (χ0) is 20.5. The summed E-state index contributed by atoms with van der Waals surface area (Å²) in [6.45, 7) is 3.42. The van der Waals surface area contributed by atoms with E-state index in [0.717, 1.165) is 34.0 Å². The third-order valence-electron chi connectivity index (χ3n) is 5.06. The number of carbonyl (C=O) groups excluding carboxylic acids is 1. The van der Waals surface area contributed by atoms with E-state index >= 15 is 0 Å². The quantitative estimate of drug-likeness (QED) is 0.721. The number of aromatic nitrogens is 3. The molecule has 29 heavy (non-hydrogen) atoms. The number of fused-ring (bicyclic) bond motifs is 1. The number of anilines is 3. The number of pyridine rings is 1. The Morgan fingerprint density at radius 1 is 1.17 bits per heavy atom. The van der Waals surface area contributed by atoms with Crippen LogP contribution in [0.2, 0.25) is 0 Å². The monoisotopic (exact) mass is 394 g/mol. The molecule has 3 aromatic rings. The predicted molar refractivity (Wildman–Crippen MR) is 111 cm³/mol. The van der Waals surface area contributed by atoms with Crippen LogP contribution in [-0.2, 0) is 17.9 Å². The fourth-order valence-corrected chi connectivity index (χ4v) is 3.52. The summed E-state index contributed by atoms with van der Waals surface area (Å²) in [5, 5.41) is 7.71. The molecule has 7 nitrogen and oxygen atoms in total. The van der Waals surface area contributed by atoms with Crippen molar-refractivity contribution >= 4 is 23.1 Å². The number of rotatable bonds is 5. The average molecular weight is 394 g/mol. The topological polar surface area (TPSA) is 66.3 Å². The Balaban J connectivity index is 1.45. The second-order valence-electron chi connectivity index (χ2n) is 7.30. The van der Waals surface area contributed by atoms with Crippen molar-refractivity contribution in [1.29, 1.82) is 0 Å². The smallest absolute Gasteiger partial charge is 0.246 e. The molecule has 0 spiro atoms. The third-order valence-corrected chi connectivity index (χ3v) is 5.06. The van der Waals surface area contributed by atoms with E-state index in [2.05, 4.69) is 15.4 Å². The highest BCUT2D eigenvalue weighted by Crippen LogP contribution is 2.35. The summed E-state index contributed by atoms with van der Waals surface area (Å²) in [6.07, 6.45) is 3.76. The Labute approximate surface area is 168 Å². The van der Waals surface area contributed by atoms with Crippen LogP contribution >= 0.6 is 0 Å². The first-order valence-corrected chi connectivity index (χ1v) is 9.39. The minimum atomic E-state index is -0.242. The third kappa shape index (κ3) is 3.91. The number of nitrogens with zero attached hydrogens (tertiary/aromatic N) is 5. The van der Waals surface area contributed by atoms with Crippen molar-refractivity contribution in [3.63, 3.8) is 0 Å². The van der Waals surface area contributed by atoms with Crippen LogP contribution in [0, 0.1) is 12.7 Å². The summed E-state index contributed by atoms with van der Waals surface area (Å²) in [5.74, 6) is 0.564. The summed E-state index contributed by atoms with van der Waals surface area (Å²) in [4.78, 5) is 20.3. The van der Waals surface area contributed by atoms with Crippen molar-refractivity contribution in [1.82, 2.24) is 14.8 Å². The Bertz CT molecular complexity index is 1050. The van der Waals surface area contributed by atoms with E-state index in [1.165, 1.54) is 12.1 Å². The molecule has 1 aliphatic heterocycles. The predicted octanol–water partition coefficient (Wildman–Crippen LogP) is 2.80. The standard InChI is InChI=1S/C21H23FN6O/c1-14-21-18(26(2)13-20(29)27(21)3)8-19(25-14)23-9-16-10-24-28(12-16)11-15-4-6-17(22)7-5-15/h4-8,10,12H,9,11,13H2,1-3H3,(H,23,25).